The van der Waals surface area contributed by atoms with Crippen LogP contribution in [-0.2, 0) is 11.9 Å². The molecule has 1 atom stereocenters. The number of imidazole rings is 1. The van der Waals surface area contributed by atoms with Crippen molar-refractivity contribution < 1.29 is 4.84 Å². The summed E-state index contributed by atoms with van der Waals surface area (Å²) in [7, 11) is 1.87. The maximum Gasteiger partial charge on any atom is 0.188 e. The third-order valence-corrected chi connectivity index (χ3v) is 4.72. The van der Waals surface area contributed by atoms with E-state index in [1.54, 1.807) is 17.1 Å². The van der Waals surface area contributed by atoms with Gasteiger partial charge in [-0.3, -0.25) is 0 Å². The number of hydrogen-bond donors (Lipinski definition) is 1. The number of hydrogen-bond acceptors (Lipinski definition) is 4. The summed E-state index contributed by atoms with van der Waals surface area (Å²) in [4.78, 5) is 10.7. The first kappa shape index (κ1) is 16.4. The fraction of sp³-hybridized carbons (Fsp3) is 0.375. The third kappa shape index (κ3) is 4.53. The molecule has 0 aliphatic rings. The quantitative estimate of drug-likeness (QED) is 0.369. The minimum atomic E-state index is 0.346. The Balaban J connectivity index is 1.77. The average Bonchev–Trinajstić information content (AvgIpc) is 2.92. The second-order valence-electron chi connectivity index (χ2n) is 5.34. The van der Waals surface area contributed by atoms with E-state index in [1.807, 2.05) is 18.8 Å². The van der Waals surface area contributed by atoms with Gasteiger partial charge >= 0.3 is 0 Å². The van der Waals surface area contributed by atoms with Crippen LogP contribution in [0.1, 0.15) is 18.2 Å². The molecule has 0 saturated heterocycles. The Labute approximate surface area is 135 Å². The lowest BCUT2D eigenvalue weighted by molar-refractivity contribution is 0.119. The standard InChI is InChI=1S/C16H22N4OS/c1-12(10-22-15-7-5-4-6-13(15)2)9-21-19-16(17)14-8-18-11-20(14)3/h4-8,11-12H,9-10H2,1-3H3,(H2,17,19). The number of nitrogens with zero attached hydrogens (tertiary/aromatic N) is 3. The highest BCUT2D eigenvalue weighted by molar-refractivity contribution is 7.99. The monoisotopic (exact) mass is 318 g/mol. The molecular weight excluding hydrogens is 296 g/mol. The number of oxime groups is 1. The minimum Gasteiger partial charge on any atom is -0.394 e. The Bertz CT molecular complexity index is 639. The van der Waals surface area contributed by atoms with Gasteiger partial charge in [0.25, 0.3) is 0 Å². The maximum atomic E-state index is 5.87. The molecule has 6 heteroatoms. The van der Waals surface area contributed by atoms with Gasteiger partial charge in [-0.05, 0) is 18.6 Å². The van der Waals surface area contributed by atoms with Gasteiger partial charge in [-0.1, -0.05) is 30.3 Å². The summed E-state index contributed by atoms with van der Waals surface area (Å²) in [6, 6.07) is 8.39. The molecule has 0 radical (unpaired) electrons. The van der Waals surface area contributed by atoms with E-state index in [0.29, 0.717) is 18.4 Å². The average molecular weight is 318 g/mol. The van der Waals surface area contributed by atoms with Crippen molar-refractivity contribution >= 4 is 17.6 Å². The zero-order chi connectivity index (χ0) is 15.9. The molecule has 0 bridgehead atoms. The van der Waals surface area contributed by atoms with Crippen molar-refractivity contribution in [3.8, 4) is 0 Å². The van der Waals surface area contributed by atoms with Gasteiger partial charge in [0.15, 0.2) is 5.84 Å². The number of amidine groups is 1. The molecule has 2 N–H and O–H groups in total. The Morgan fingerprint density at radius 3 is 2.91 bits per heavy atom. The predicted octanol–water partition coefficient (Wildman–Crippen LogP) is 2.79. The van der Waals surface area contributed by atoms with E-state index in [2.05, 4.69) is 48.3 Å². The third-order valence-electron chi connectivity index (χ3n) is 3.22. The Morgan fingerprint density at radius 1 is 1.45 bits per heavy atom. The van der Waals surface area contributed by atoms with Crippen molar-refractivity contribution in [1.29, 1.82) is 0 Å². The first-order chi connectivity index (χ1) is 10.6. The first-order valence-electron chi connectivity index (χ1n) is 7.18. The Hall–Kier alpha value is -1.95. The second kappa shape index (κ2) is 7.89. The predicted molar refractivity (Wildman–Crippen MR) is 91.0 cm³/mol. The van der Waals surface area contributed by atoms with Crippen molar-refractivity contribution in [2.45, 2.75) is 18.7 Å². The number of benzene rings is 1. The van der Waals surface area contributed by atoms with Crippen LogP contribution in [0.15, 0.2) is 46.8 Å². The lowest BCUT2D eigenvalue weighted by atomic mass is 10.2. The Morgan fingerprint density at radius 2 is 2.23 bits per heavy atom. The molecule has 0 aliphatic carbocycles. The van der Waals surface area contributed by atoms with E-state index in [9.17, 15) is 0 Å². The van der Waals surface area contributed by atoms with Gasteiger partial charge in [-0.2, -0.15) is 0 Å². The first-order valence-corrected chi connectivity index (χ1v) is 8.17. The Kier molecular flexibility index (Phi) is 5.89. The van der Waals surface area contributed by atoms with Crippen molar-refractivity contribution in [1.82, 2.24) is 9.55 Å². The molecular formula is C16H22N4OS. The van der Waals surface area contributed by atoms with Crippen LogP contribution < -0.4 is 5.73 Å². The summed E-state index contributed by atoms with van der Waals surface area (Å²) in [6.07, 6.45) is 3.35. The van der Waals surface area contributed by atoms with Crippen molar-refractivity contribution in [2.75, 3.05) is 12.4 Å². The highest BCUT2D eigenvalue weighted by Gasteiger charge is 2.07. The lowest BCUT2D eigenvalue weighted by Gasteiger charge is -2.11. The van der Waals surface area contributed by atoms with Crippen molar-refractivity contribution in [3.63, 3.8) is 0 Å². The molecule has 1 aromatic carbocycles. The highest BCUT2D eigenvalue weighted by atomic mass is 32.2. The molecule has 0 saturated carbocycles. The molecule has 0 aliphatic heterocycles. The zero-order valence-corrected chi connectivity index (χ0v) is 14.0. The molecule has 1 unspecified atom stereocenters. The van der Waals surface area contributed by atoms with Crippen LogP contribution in [0.4, 0.5) is 0 Å². The van der Waals surface area contributed by atoms with Crippen molar-refractivity contribution in [2.24, 2.45) is 23.9 Å². The second-order valence-corrected chi connectivity index (χ2v) is 6.41. The van der Waals surface area contributed by atoms with Crippen LogP contribution in [0.5, 0.6) is 0 Å². The van der Waals surface area contributed by atoms with E-state index in [1.165, 1.54) is 10.5 Å². The number of nitrogens with two attached hydrogens (primary N) is 1. The fourth-order valence-electron chi connectivity index (χ4n) is 1.88. The zero-order valence-electron chi connectivity index (χ0n) is 13.2. The molecule has 2 aromatic rings. The summed E-state index contributed by atoms with van der Waals surface area (Å²) in [5.41, 5.74) is 7.93. The number of aryl methyl sites for hydroxylation is 2. The van der Waals surface area contributed by atoms with E-state index in [4.69, 9.17) is 10.6 Å². The molecule has 22 heavy (non-hydrogen) atoms. The number of aromatic nitrogens is 2. The summed E-state index contributed by atoms with van der Waals surface area (Å²) in [6.45, 7) is 4.81. The summed E-state index contributed by atoms with van der Waals surface area (Å²) >= 11 is 1.84. The van der Waals surface area contributed by atoms with Crippen LogP contribution >= 0.6 is 11.8 Å². The van der Waals surface area contributed by atoms with Crippen LogP contribution in [0.3, 0.4) is 0 Å². The lowest BCUT2D eigenvalue weighted by Crippen LogP contribution is -2.18. The summed E-state index contributed by atoms with van der Waals surface area (Å²) in [5, 5.41) is 3.96. The van der Waals surface area contributed by atoms with Crippen LogP contribution in [0.25, 0.3) is 0 Å². The molecule has 1 aromatic heterocycles. The molecule has 5 nitrogen and oxygen atoms in total. The maximum absolute atomic E-state index is 5.87. The number of thioether (sulfide) groups is 1. The molecule has 0 fully saturated rings. The molecule has 118 valence electrons. The van der Waals surface area contributed by atoms with E-state index in [0.717, 1.165) is 11.4 Å². The molecule has 0 spiro atoms. The minimum absolute atomic E-state index is 0.346. The van der Waals surface area contributed by atoms with Crippen LogP contribution in [0, 0.1) is 12.8 Å². The highest BCUT2D eigenvalue weighted by Crippen LogP contribution is 2.24. The topological polar surface area (TPSA) is 65.4 Å². The SMILES string of the molecule is Cc1ccccc1SCC(C)CO/N=C(\N)c1cncn1C. The van der Waals surface area contributed by atoms with Gasteiger partial charge in [-0.15, -0.1) is 11.8 Å². The number of rotatable bonds is 7. The van der Waals surface area contributed by atoms with Gasteiger partial charge in [0, 0.05) is 23.6 Å². The smallest absolute Gasteiger partial charge is 0.188 e. The molecule has 1 heterocycles. The fourth-order valence-corrected chi connectivity index (χ4v) is 2.91. The van der Waals surface area contributed by atoms with Crippen LogP contribution in [-0.4, -0.2) is 27.7 Å². The van der Waals surface area contributed by atoms with Gasteiger partial charge in [0.1, 0.15) is 12.3 Å². The summed E-state index contributed by atoms with van der Waals surface area (Å²) in [5.74, 6) is 1.71. The molecule has 0 amide bonds. The van der Waals surface area contributed by atoms with E-state index >= 15 is 0 Å². The van der Waals surface area contributed by atoms with Gasteiger partial charge in [-0.25, -0.2) is 4.98 Å². The largest absolute Gasteiger partial charge is 0.394 e. The summed E-state index contributed by atoms with van der Waals surface area (Å²) < 4.78 is 1.81. The van der Waals surface area contributed by atoms with Crippen LogP contribution in [0.2, 0.25) is 0 Å². The van der Waals surface area contributed by atoms with E-state index < -0.39 is 0 Å². The van der Waals surface area contributed by atoms with Gasteiger partial charge in [0.2, 0.25) is 0 Å². The van der Waals surface area contributed by atoms with Gasteiger partial charge < -0.3 is 15.1 Å². The van der Waals surface area contributed by atoms with Gasteiger partial charge in [0.05, 0.1) is 12.5 Å². The van der Waals surface area contributed by atoms with Crippen molar-refractivity contribution in [3.05, 3.63) is 48.0 Å². The molecule has 2 rings (SSSR count). The normalized spacial score (nSPS) is 13.1. The van der Waals surface area contributed by atoms with E-state index in [-0.39, 0.29) is 0 Å².